The molecule has 0 fully saturated rings. The normalized spacial score (nSPS) is 10.5. The number of allylic oxidation sites excluding steroid dienone is 1. The molecule has 0 bridgehead atoms. The Bertz CT molecular complexity index is 738. The second-order valence-corrected chi connectivity index (χ2v) is 4.78. The maximum atomic E-state index is 13.6. The van der Waals surface area contributed by atoms with Crippen molar-refractivity contribution in [2.75, 3.05) is 7.11 Å². The smallest absolute Gasteiger partial charge is 0.180 e. The Kier molecular flexibility index (Phi) is 5.40. The van der Waals surface area contributed by atoms with Gasteiger partial charge < -0.3 is 9.47 Å². The van der Waals surface area contributed by atoms with E-state index in [0.717, 1.165) is 0 Å². The van der Waals surface area contributed by atoms with Gasteiger partial charge in [0.25, 0.3) is 0 Å². The SMILES string of the molecule is COc1cc(C=CC#N)cc(Cl)c1OCc1ccccc1F. The molecule has 0 aromatic heterocycles. The lowest BCUT2D eigenvalue weighted by molar-refractivity contribution is 0.280. The number of hydrogen-bond acceptors (Lipinski definition) is 3. The summed E-state index contributed by atoms with van der Waals surface area (Å²) in [5.41, 5.74) is 1.13. The molecule has 0 saturated carbocycles. The van der Waals surface area contributed by atoms with Gasteiger partial charge in [-0.25, -0.2) is 4.39 Å². The van der Waals surface area contributed by atoms with Gasteiger partial charge in [0.15, 0.2) is 11.5 Å². The minimum Gasteiger partial charge on any atom is -0.493 e. The average Bonchev–Trinajstić information content (AvgIpc) is 2.52. The summed E-state index contributed by atoms with van der Waals surface area (Å²) >= 11 is 6.18. The largest absolute Gasteiger partial charge is 0.493 e. The van der Waals surface area contributed by atoms with Crippen molar-refractivity contribution in [3.63, 3.8) is 0 Å². The van der Waals surface area contributed by atoms with Gasteiger partial charge in [0.2, 0.25) is 0 Å². The molecule has 0 unspecified atom stereocenters. The number of methoxy groups -OCH3 is 1. The monoisotopic (exact) mass is 317 g/mol. The van der Waals surface area contributed by atoms with Gasteiger partial charge in [0.1, 0.15) is 12.4 Å². The number of nitrogens with zero attached hydrogens (tertiary/aromatic N) is 1. The molecule has 2 aromatic rings. The van der Waals surface area contributed by atoms with Crippen LogP contribution in [0.2, 0.25) is 5.02 Å². The molecular formula is C17H13ClFNO2. The van der Waals surface area contributed by atoms with E-state index >= 15 is 0 Å². The zero-order valence-electron chi connectivity index (χ0n) is 11.8. The van der Waals surface area contributed by atoms with Crippen molar-refractivity contribution in [2.45, 2.75) is 6.61 Å². The lowest BCUT2D eigenvalue weighted by Gasteiger charge is -2.13. The first kappa shape index (κ1) is 15.9. The summed E-state index contributed by atoms with van der Waals surface area (Å²) in [4.78, 5) is 0. The fourth-order valence-corrected chi connectivity index (χ4v) is 2.15. The van der Waals surface area contributed by atoms with Crippen LogP contribution in [0, 0.1) is 17.1 Å². The predicted molar refractivity (Wildman–Crippen MR) is 83.4 cm³/mol. The minimum absolute atomic E-state index is 0.0378. The number of hydrogen-bond donors (Lipinski definition) is 0. The van der Waals surface area contributed by atoms with E-state index in [0.29, 0.717) is 27.6 Å². The van der Waals surface area contributed by atoms with Crippen LogP contribution >= 0.6 is 11.6 Å². The highest BCUT2D eigenvalue weighted by Gasteiger charge is 2.12. The molecule has 112 valence electrons. The molecule has 0 spiro atoms. The zero-order chi connectivity index (χ0) is 15.9. The maximum Gasteiger partial charge on any atom is 0.180 e. The van der Waals surface area contributed by atoms with E-state index in [1.165, 1.54) is 19.3 Å². The van der Waals surface area contributed by atoms with Gasteiger partial charge >= 0.3 is 0 Å². The molecule has 3 nitrogen and oxygen atoms in total. The average molecular weight is 318 g/mol. The molecule has 0 aliphatic carbocycles. The Balaban J connectivity index is 2.25. The van der Waals surface area contributed by atoms with E-state index in [-0.39, 0.29) is 12.4 Å². The Hall–Kier alpha value is -2.51. The molecule has 22 heavy (non-hydrogen) atoms. The van der Waals surface area contributed by atoms with Crippen molar-refractivity contribution < 1.29 is 13.9 Å². The number of rotatable bonds is 5. The molecule has 0 radical (unpaired) electrons. The molecule has 2 rings (SSSR count). The third-order valence-corrected chi connectivity index (χ3v) is 3.21. The first-order chi connectivity index (χ1) is 10.7. The van der Waals surface area contributed by atoms with Gasteiger partial charge in [0, 0.05) is 11.6 Å². The Labute approximate surface area is 133 Å². The summed E-state index contributed by atoms with van der Waals surface area (Å²) in [6.45, 7) is 0.0378. The summed E-state index contributed by atoms with van der Waals surface area (Å²) in [6, 6.07) is 11.6. The molecule has 2 aromatic carbocycles. The van der Waals surface area contributed by atoms with Crippen molar-refractivity contribution in [1.82, 2.24) is 0 Å². The zero-order valence-corrected chi connectivity index (χ0v) is 12.6. The van der Waals surface area contributed by atoms with Gasteiger partial charge in [-0.2, -0.15) is 5.26 Å². The molecule has 0 aliphatic rings. The van der Waals surface area contributed by atoms with Crippen LogP contribution in [-0.4, -0.2) is 7.11 Å². The minimum atomic E-state index is -0.342. The molecule has 5 heteroatoms. The molecule has 0 amide bonds. The van der Waals surface area contributed by atoms with E-state index in [1.807, 2.05) is 6.07 Å². The summed E-state index contributed by atoms with van der Waals surface area (Å²) in [6.07, 6.45) is 2.94. The summed E-state index contributed by atoms with van der Waals surface area (Å²) in [5.74, 6) is 0.411. The lowest BCUT2D eigenvalue weighted by Crippen LogP contribution is -2.00. The van der Waals surface area contributed by atoms with Crippen LogP contribution in [0.5, 0.6) is 11.5 Å². The van der Waals surface area contributed by atoms with Crippen LogP contribution in [0.1, 0.15) is 11.1 Å². The molecule has 0 saturated heterocycles. The molecule has 0 aliphatic heterocycles. The van der Waals surface area contributed by atoms with Crippen LogP contribution in [-0.2, 0) is 6.61 Å². The summed E-state index contributed by atoms with van der Waals surface area (Å²) in [5, 5.41) is 8.88. The predicted octanol–water partition coefficient (Wildman–Crippen LogP) is 4.60. The first-order valence-electron chi connectivity index (χ1n) is 6.45. The third-order valence-electron chi connectivity index (χ3n) is 2.93. The van der Waals surface area contributed by atoms with E-state index in [4.69, 9.17) is 26.3 Å². The van der Waals surface area contributed by atoms with Gasteiger partial charge in [-0.05, 0) is 29.8 Å². The van der Waals surface area contributed by atoms with Gasteiger partial charge in [-0.1, -0.05) is 29.8 Å². The van der Waals surface area contributed by atoms with Gasteiger partial charge in [-0.15, -0.1) is 0 Å². The fourth-order valence-electron chi connectivity index (χ4n) is 1.87. The second-order valence-electron chi connectivity index (χ2n) is 4.38. The topological polar surface area (TPSA) is 42.2 Å². The van der Waals surface area contributed by atoms with Crippen LogP contribution < -0.4 is 9.47 Å². The first-order valence-corrected chi connectivity index (χ1v) is 6.83. The summed E-state index contributed by atoms with van der Waals surface area (Å²) in [7, 11) is 1.49. The standard InChI is InChI=1S/C17H13ClFNO2/c1-21-16-10-12(5-4-8-20)9-14(18)17(16)22-11-13-6-2-3-7-15(13)19/h2-7,9-10H,11H2,1H3. The summed E-state index contributed by atoms with van der Waals surface area (Å²) < 4.78 is 24.4. The number of benzene rings is 2. The van der Waals surface area contributed by atoms with E-state index in [9.17, 15) is 4.39 Å². The molecule has 0 atom stereocenters. The number of halogens is 2. The molecule has 0 heterocycles. The Morgan fingerprint density at radius 2 is 2.09 bits per heavy atom. The third kappa shape index (κ3) is 3.78. The van der Waals surface area contributed by atoms with E-state index in [2.05, 4.69) is 0 Å². The quantitative estimate of drug-likeness (QED) is 0.757. The Morgan fingerprint density at radius 3 is 2.77 bits per heavy atom. The van der Waals surface area contributed by atoms with Crippen LogP contribution in [0.4, 0.5) is 4.39 Å². The number of nitriles is 1. The fraction of sp³-hybridized carbons (Fsp3) is 0.118. The van der Waals surface area contributed by atoms with Crippen molar-refractivity contribution in [3.8, 4) is 17.6 Å². The lowest BCUT2D eigenvalue weighted by atomic mass is 10.2. The van der Waals surface area contributed by atoms with Crippen LogP contribution in [0.15, 0.2) is 42.5 Å². The molecular weight excluding hydrogens is 305 g/mol. The highest BCUT2D eigenvalue weighted by atomic mass is 35.5. The molecule has 0 N–H and O–H groups in total. The van der Waals surface area contributed by atoms with Gasteiger partial charge in [-0.3, -0.25) is 0 Å². The van der Waals surface area contributed by atoms with Crippen LogP contribution in [0.3, 0.4) is 0 Å². The second kappa shape index (κ2) is 7.48. The maximum absolute atomic E-state index is 13.6. The van der Waals surface area contributed by atoms with Crippen molar-refractivity contribution in [2.24, 2.45) is 0 Å². The van der Waals surface area contributed by atoms with Gasteiger partial charge in [0.05, 0.1) is 18.2 Å². The van der Waals surface area contributed by atoms with E-state index < -0.39 is 0 Å². The van der Waals surface area contributed by atoms with Crippen molar-refractivity contribution >= 4 is 17.7 Å². The van der Waals surface area contributed by atoms with Crippen molar-refractivity contribution in [1.29, 1.82) is 5.26 Å². The Morgan fingerprint density at radius 1 is 1.32 bits per heavy atom. The van der Waals surface area contributed by atoms with E-state index in [1.54, 1.807) is 36.4 Å². The highest BCUT2D eigenvalue weighted by molar-refractivity contribution is 6.32. The van der Waals surface area contributed by atoms with Crippen molar-refractivity contribution in [3.05, 3.63) is 64.4 Å². The number of ether oxygens (including phenoxy) is 2. The highest BCUT2D eigenvalue weighted by Crippen LogP contribution is 2.37. The van der Waals surface area contributed by atoms with Crippen LogP contribution in [0.25, 0.3) is 6.08 Å².